The summed E-state index contributed by atoms with van der Waals surface area (Å²) in [7, 11) is 0. The molecule has 1 saturated carbocycles. The van der Waals surface area contributed by atoms with E-state index in [4.69, 9.17) is 0 Å². The van der Waals surface area contributed by atoms with E-state index in [1.54, 1.807) is 0 Å². The van der Waals surface area contributed by atoms with Crippen molar-refractivity contribution in [2.75, 3.05) is 0 Å². The Labute approximate surface area is 220 Å². The van der Waals surface area contributed by atoms with Crippen molar-refractivity contribution in [1.82, 2.24) is 0 Å². The largest absolute Gasteiger partial charge is 0.0654 e. The first-order valence-corrected chi connectivity index (χ1v) is 14.9. The van der Waals surface area contributed by atoms with Gasteiger partial charge in [-0.1, -0.05) is 113 Å². The van der Waals surface area contributed by atoms with Crippen LogP contribution in [0.5, 0.6) is 0 Å². The molecule has 0 bridgehead atoms. The van der Waals surface area contributed by atoms with E-state index >= 15 is 0 Å². The Morgan fingerprint density at radius 2 is 1.25 bits per heavy atom. The first-order chi connectivity index (χ1) is 17.7. The fourth-order valence-electron chi connectivity index (χ4n) is 5.89. The summed E-state index contributed by atoms with van der Waals surface area (Å²) >= 11 is 0. The van der Waals surface area contributed by atoms with Gasteiger partial charge in [-0.2, -0.15) is 0 Å². The molecule has 0 heterocycles. The minimum atomic E-state index is 0.746. The van der Waals surface area contributed by atoms with E-state index in [9.17, 15) is 0 Å². The summed E-state index contributed by atoms with van der Waals surface area (Å²) in [5.74, 6) is 8.51. The van der Waals surface area contributed by atoms with Crippen LogP contribution in [0.1, 0.15) is 125 Å². The molecular formula is C36H46. The normalized spacial score (nSPS) is 17.6. The minimum Gasteiger partial charge on any atom is -0.0654 e. The van der Waals surface area contributed by atoms with Gasteiger partial charge in [0, 0.05) is 11.1 Å². The summed E-state index contributed by atoms with van der Waals surface area (Å²) in [5, 5.41) is 2.60. The maximum Gasteiger partial charge on any atom is 0.0255 e. The molecule has 0 spiro atoms. The van der Waals surface area contributed by atoms with Gasteiger partial charge in [-0.15, -0.1) is 0 Å². The molecule has 3 aromatic carbocycles. The summed E-state index contributed by atoms with van der Waals surface area (Å²) in [6.45, 7) is 4.55. The van der Waals surface area contributed by atoms with Crippen molar-refractivity contribution >= 4 is 10.8 Å². The van der Waals surface area contributed by atoms with Crippen LogP contribution in [-0.4, -0.2) is 0 Å². The van der Waals surface area contributed by atoms with Crippen LogP contribution in [0.4, 0.5) is 0 Å². The highest BCUT2D eigenvalue weighted by Gasteiger charge is 2.21. The van der Waals surface area contributed by atoms with Gasteiger partial charge in [0.1, 0.15) is 0 Å². The number of hydrogen-bond donors (Lipinski definition) is 0. The molecule has 1 aliphatic rings. The predicted octanol–water partition coefficient (Wildman–Crippen LogP) is 10.6. The summed E-state index contributed by atoms with van der Waals surface area (Å²) < 4.78 is 0. The minimum absolute atomic E-state index is 0.746. The van der Waals surface area contributed by atoms with Gasteiger partial charge in [-0.25, -0.2) is 0 Å². The van der Waals surface area contributed by atoms with Crippen LogP contribution in [0.3, 0.4) is 0 Å². The molecule has 0 heteroatoms. The molecule has 1 fully saturated rings. The van der Waals surface area contributed by atoms with E-state index in [2.05, 4.69) is 86.4 Å². The second-order valence-corrected chi connectivity index (χ2v) is 11.1. The topological polar surface area (TPSA) is 0 Å². The SMILES string of the molecule is CCCCCCCCC1CCC(c2ccc(C#Cc3ccc4cc(CCCC)ccc4c3)cc2)CC1. The van der Waals surface area contributed by atoms with E-state index in [1.807, 2.05) is 0 Å². The molecule has 0 nitrogen and oxygen atoms in total. The number of fused-ring (bicyclic) bond motifs is 1. The van der Waals surface area contributed by atoms with E-state index in [0.717, 1.165) is 23.0 Å². The van der Waals surface area contributed by atoms with E-state index in [-0.39, 0.29) is 0 Å². The van der Waals surface area contributed by atoms with E-state index < -0.39 is 0 Å². The fraction of sp³-hybridized carbons (Fsp3) is 0.500. The summed E-state index contributed by atoms with van der Waals surface area (Å²) in [6.07, 6.45) is 19.2. The third-order valence-electron chi connectivity index (χ3n) is 8.27. The van der Waals surface area contributed by atoms with Gasteiger partial charge < -0.3 is 0 Å². The number of aryl methyl sites for hydroxylation is 1. The molecule has 3 aromatic rings. The average Bonchev–Trinajstić information content (AvgIpc) is 2.93. The van der Waals surface area contributed by atoms with Gasteiger partial charge >= 0.3 is 0 Å². The molecule has 0 radical (unpaired) electrons. The molecule has 0 saturated heterocycles. The van der Waals surface area contributed by atoms with Crippen LogP contribution in [0.15, 0.2) is 60.7 Å². The quantitative estimate of drug-likeness (QED) is 0.190. The van der Waals surface area contributed by atoms with Gasteiger partial charge in [0.25, 0.3) is 0 Å². The molecule has 0 amide bonds. The highest BCUT2D eigenvalue weighted by atomic mass is 14.3. The van der Waals surface area contributed by atoms with Crippen LogP contribution < -0.4 is 0 Å². The highest BCUT2D eigenvalue weighted by Crippen LogP contribution is 2.37. The van der Waals surface area contributed by atoms with Crippen LogP contribution >= 0.6 is 0 Å². The second-order valence-electron chi connectivity index (χ2n) is 11.1. The van der Waals surface area contributed by atoms with Crippen molar-refractivity contribution in [1.29, 1.82) is 0 Å². The summed E-state index contributed by atoms with van der Waals surface area (Å²) in [6, 6.07) is 22.6. The molecule has 0 aliphatic heterocycles. The van der Waals surface area contributed by atoms with Crippen LogP contribution in [0.2, 0.25) is 0 Å². The Morgan fingerprint density at radius 3 is 2.03 bits per heavy atom. The first-order valence-electron chi connectivity index (χ1n) is 14.9. The smallest absolute Gasteiger partial charge is 0.0255 e. The molecule has 0 N–H and O–H groups in total. The molecular weight excluding hydrogens is 432 g/mol. The number of unbranched alkanes of at least 4 members (excludes halogenated alkanes) is 6. The van der Waals surface area contributed by atoms with Crippen molar-refractivity contribution in [3.05, 3.63) is 82.9 Å². The average molecular weight is 479 g/mol. The lowest BCUT2D eigenvalue weighted by atomic mass is 9.77. The standard InChI is InChI=1S/C36H46/c1-3-5-7-8-9-10-12-29-15-21-33(22-16-29)34-23-17-30(18-24-34)13-14-32-20-26-35-27-31(11-6-4-2)19-25-36(35)28-32/h17-20,23-29,33H,3-12,15-16,21-22H2,1-2H3. The van der Waals surface area contributed by atoms with Gasteiger partial charge in [0.15, 0.2) is 0 Å². The Morgan fingerprint density at radius 1 is 0.611 bits per heavy atom. The van der Waals surface area contributed by atoms with Gasteiger partial charge in [0.2, 0.25) is 0 Å². The zero-order valence-electron chi connectivity index (χ0n) is 22.8. The monoisotopic (exact) mass is 478 g/mol. The number of benzene rings is 3. The molecule has 0 atom stereocenters. The van der Waals surface area contributed by atoms with Gasteiger partial charge in [-0.05, 0) is 96.5 Å². The third-order valence-corrected chi connectivity index (χ3v) is 8.27. The number of rotatable bonds is 11. The first kappa shape index (κ1) is 26.5. The predicted molar refractivity (Wildman–Crippen MR) is 158 cm³/mol. The Balaban J connectivity index is 1.26. The van der Waals surface area contributed by atoms with E-state index in [0.29, 0.717) is 0 Å². The Hall–Kier alpha value is -2.52. The maximum atomic E-state index is 3.39. The van der Waals surface area contributed by atoms with Gasteiger partial charge in [0.05, 0.1) is 0 Å². The van der Waals surface area contributed by atoms with Crippen molar-refractivity contribution in [2.24, 2.45) is 5.92 Å². The second kappa shape index (κ2) is 14.3. The molecule has 190 valence electrons. The maximum absolute atomic E-state index is 3.39. The zero-order valence-corrected chi connectivity index (χ0v) is 22.8. The summed E-state index contributed by atoms with van der Waals surface area (Å²) in [5.41, 5.74) is 5.17. The van der Waals surface area contributed by atoms with Gasteiger partial charge in [-0.3, -0.25) is 0 Å². The third kappa shape index (κ3) is 8.00. The van der Waals surface area contributed by atoms with Crippen LogP contribution in [-0.2, 0) is 6.42 Å². The van der Waals surface area contributed by atoms with E-state index in [1.165, 1.54) is 112 Å². The zero-order chi connectivity index (χ0) is 25.0. The van der Waals surface area contributed by atoms with Crippen molar-refractivity contribution < 1.29 is 0 Å². The fourth-order valence-corrected chi connectivity index (χ4v) is 5.89. The molecule has 1 aliphatic carbocycles. The van der Waals surface area contributed by atoms with Crippen LogP contribution in [0.25, 0.3) is 10.8 Å². The molecule has 36 heavy (non-hydrogen) atoms. The molecule has 0 unspecified atom stereocenters. The highest BCUT2D eigenvalue weighted by molar-refractivity contribution is 5.84. The van der Waals surface area contributed by atoms with Crippen LogP contribution in [0, 0.1) is 17.8 Å². The summed E-state index contributed by atoms with van der Waals surface area (Å²) in [4.78, 5) is 0. The van der Waals surface area contributed by atoms with Crippen molar-refractivity contribution in [3.8, 4) is 11.8 Å². The van der Waals surface area contributed by atoms with Crippen molar-refractivity contribution in [3.63, 3.8) is 0 Å². The molecule has 4 rings (SSSR count). The lowest BCUT2D eigenvalue weighted by Gasteiger charge is -2.29. The Kier molecular flexibility index (Phi) is 10.5. The lowest BCUT2D eigenvalue weighted by molar-refractivity contribution is 0.302. The lowest BCUT2D eigenvalue weighted by Crippen LogP contribution is -2.13. The number of hydrogen-bond acceptors (Lipinski definition) is 0. The van der Waals surface area contributed by atoms with Crippen molar-refractivity contribution in [2.45, 2.75) is 110 Å². The Bertz CT molecular complexity index is 1120. The molecule has 0 aromatic heterocycles.